The summed E-state index contributed by atoms with van der Waals surface area (Å²) in [5.41, 5.74) is 2.71. The van der Waals surface area contributed by atoms with Crippen molar-refractivity contribution in [1.82, 2.24) is 4.90 Å². The molecular weight excluding hydrogens is 416 g/mol. The van der Waals surface area contributed by atoms with Crippen molar-refractivity contribution in [3.8, 4) is 11.5 Å². The van der Waals surface area contributed by atoms with E-state index in [2.05, 4.69) is 5.32 Å². The highest BCUT2D eigenvalue weighted by atomic mass is 16.5. The topological polar surface area (TPSA) is 63.9 Å². The number of furan rings is 1. The molecule has 4 aromatic rings. The van der Waals surface area contributed by atoms with E-state index in [0.717, 1.165) is 16.9 Å². The van der Waals surface area contributed by atoms with Gasteiger partial charge in [0.15, 0.2) is 0 Å². The predicted octanol–water partition coefficient (Wildman–Crippen LogP) is 6.10. The lowest BCUT2D eigenvalue weighted by Crippen LogP contribution is -2.34. The Morgan fingerprint density at radius 2 is 1.64 bits per heavy atom. The number of hydrogen-bond acceptors (Lipinski definition) is 4. The molecule has 0 aliphatic carbocycles. The standard InChI is InChI=1S/C27H26N2O4/c1-31-24-12-6-11-23(17-24)28-27(30)29(19-26-14-7-15-32-26)18-22-10-5-13-25(16-22)33-20-21-8-3-2-4-9-21/h2-17H,18-20H2,1H3,(H,28,30). The normalized spacial score (nSPS) is 10.5. The van der Waals surface area contributed by atoms with Gasteiger partial charge in [-0.15, -0.1) is 0 Å². The smallest absolute Gasteiger partial charge is 0.322 e. The zero-order valence-electron chi connectivity index (χ0n) is 18.4. The fourth-order valence-electron chi connectivity index (χ4n) is 3.39. The molecule has 0 radical (unpaired) electrons. The summed E-state index contributed by atoms with van der Waals surface area (Å²) in [4.78, 5) is 14.8. The van der Waals surface area contributed by atoms with Gasteiger partial charge in [-0.05, 0) is 47.5 Å². The third kappa shape index (κ3) is 6.40. The van der Waals surface area contributed by atoms with Gasteiger partial charge in [-0.1, -0.05) is 48.5 Å². The SMILES string of the molecule is COc1cccc(NC(=O)N(Cc2cccc(OCc3ccccc3)c2)Cc2ccco2)c1. The van der Waals surface area contributed by atoms with Crippen LogP contribution in [0.4, 0.5) is 10.5 Å². The van der Waals surface area contributed by atoms with Crippen LogP contribution in [0.15, 0.2) is 102 Å². The van der Waals surface area contributed by atoms with Crippen molar-refractivity contribution >= 4 is 11.7 Å². The molecule has 1 heterocycles. The maximum absolute atomic E-state index is 13.1. The average molecular weight is 443 g/mol. The molecule has 0 saturated heterocycles. The summed E-state index contributed by atoms with van der Waals surface area (Å²) in [5, 5.41) is 2.94. The van der Waals surface area contributed by atoms with Crippen LogP contribution < -0.4 is 14.8 Å². The van der Waals surface area contributed by atoms with E-state index in [9.17, 15) is 4.79 Å². The van der Waals surface area contributed by atoms with Gasteiger partial charge in [-0.25, -0.2) is 4.79 Å². The lowest BCUT2D eigenvalue weighted by Gasteiger charge is -2.23. The van der Waals surface area contributed by atoms with Crippen molar-refractivity contribution in [2.24, 2.45) is 0 Å². The van der Waals surface area contributed by atoms with Gasteiger partial charge in [0, 0.05) is 18.3 Å². The van der Waals surface area contributed by atoms with E-state index in [1.54, 1.807) is 24.3 Å². The summed E-state index contributed by atoms with van der Waals surface area (Å²) in [6.45, 7) is 1.20. The van der Waals surface area contributed by atoms with Gasteiger partial charge in [-0.3, -0.25) is 0 Å². The van der Waals surface area contributed by atoms with Crippen LogP contribution in [0, 0.1) is 0 Å². The molecule has 168 valence electrons. The van der Waals surface area contributed by atoms with Crippen molar-refractivity contribution in [1.29, 1.82) is 0 Å². The number of amides is 2. The molecule has 2 amide bonds. The summed E-state index contributed by atoms with van der Waals surface area (Å²) in [6.07, 6.45) is 1.60. The fourth-order valence-corrected chi connectivity index (χ4v) is 3.39. The van der Waals surface area contributed by atoms with Crippen molar-refractivity contribution in [3.63, 3.8) is 0 Å². The van der Waals surface area contributed by atoms with Crippen molar-refractivity contribution < 1.29 is 18.7 Å². The molecule has 0 aliphatic heterocycles. The molecule has 3 aromatic carbocycles. The van der Waals surface area contributed by atoms with Gasteiger partial charge in [-0.2, -0.15) is 0 Å². The Labute approximate surface area is 193 Å². The van der Waals surface area contributed by atoms with Crippen LogP contribution in [0.2, 0.25) is 0 Å². The molecule has 0 bridgehead atoms. The largest absolute Gasteiger partial charge is 0.497 e. The summed E-state index contributed by atoms with van der Waals surface area (Å²) >= 11 is 0. The number of methoxy groups -OCH3 is 1. The molecule has 6 heteroatoms. The van der Waals surface area contributed by atoms with E-state index < -0.39 is 0 Å². The molecule has 0 unspecified atom stereocenters. The number of carbonyl (C=O) groups is 1. The molecule has 1 N–H and O–H groups in total. The minimum Gasteiger partial charge on any atom is -0.497 e. The Balaban J connectivity index is 1.47. The van der Waals surface area contributed by atoms with E-state index in [4.69, 9.17) is 13.9 Å². The van der Waals surface area contributed by atoms with Crippen molar-refractivity contribution in [2.75, 3.05) is 12.4 Å². The van der Waals surface area contributed by atoms with Gasteiger partial charge in [0.2, 0.25) is 0 Å². The third-order valence-electron chi connectivity index (χ3n) is 5.06. The monoisotopic (exact) mass is 442 g/mol. The average Bonchev–Trinajstić information content (AvgIpc) is 3.36. The lowest BCUT2D eigenvalue weighted by atomic mass is 10.2. The first-order chi connectivity index (χ1) is 16.2. The Morgan fingerprint density at radius 1 is 0.848 bits per heavy atom. The van der Waals surface area contributed by atoms with Crippen LogP contribution in [0.5, 0.6) is 11.5 Å². The van der Waals surface area contributed by atoms with Gasteiger partial charge >= 0.3 is 6.03 Å². The highest BCUT2D eigenvalue weighted by Gasteiger charge is 2.17. The number of carbonyl (C=O) groups excluding carboxylic acids is 1. The molecule has 33 heavy (non-hydrogen) atoms. The minimum absolute atomic E-state index is 0.240. The maximum Gasteiger partial charge on any atom is 0.322 e. The number of ether oxygens (including phenoxy) is 2. The zero-order chi connectivity index (χ0) is 22.9. The van der Waals surface area contributed by atoms with Crippen LogP contribution in [0.3, 0.4) is 0 Å². The first-order valence-corrected chi connectivity index (χ1v) is 10.7. The number of nitrogens with one attached hydrogen (secondary N) is 1. The molecule has 0 spiro atoms. The van der Waals surface area contributed by atoms with Gasteiger partial charge < -0.3 is 24.1 Å². The van der Waals surface area contributed by atoms with Crippen LogP contribution >= 0.6 is 0 Å². The van der Waals surface area contributed by atoms with E-state index >= 15 is 0 Å². The summed E-state index contributed by atoms with van der Waals surface area (Å²) in [6, 6.07) is 28.5. The molecule has 0 aliphatic rings. The molecule has 0 fully saturated rings. The van der Waals surface area contributed by atoms with E-state index in [0.29, 0.717) is 36.9 Å². The van der Waals surface area contributed by atoms with Crippen molar-refractivity contribution in [3.05, 3.63) is 114 Å². The zero-order valence-corrected chi connectivity index (χ0v) is 18.4. The van der Waals surface area contributed by atoms with Crippen LogP contribution in [0.1, 0.15) is 16.9 Å². The van der Waals surface area contributed by atoms with Gasteiger partial charge in [0.1, 0.15) is 23.9 Å². The Kier molecular flexibility index (Phi) is 7.28. The van der Waals surface area contributed by atoms with Crippen LogP contribution in [-0.4, -0.2) is 18.0 Å². The summed E-state index contributed by atoms with van der Waals surface area (Å²) in [7, 11) is 1.59. The lowest BCUT2D eigenvalue weighted by molar-refractivity contribution is 0.201. The highest BCUT2D eigenvalue weighted by molar-refractivity contribution is 5.89. The molecule has 0 atom stereocenters. The number of benzene rings is 3. The van der Waals surface area contributed by atoms with E-state index in [1.165, 1.54) is 0 Å². The van der Waals surface area contributed by atoms with Crippen LogP contribution in [0.25, 0.3) is 0 Å². The van der Waals surface area contributed by atoms with Crippen LogP contribution in [-0.2, 0) is 19.7 Å². The Hall–Kier alpha value is -4.19. The predicted molar refractivity (Wildman–Crippen MR) is 127 cm³/mol. The molecule has 4 rings (SSSR count). The highest BCUT2D eigenvalue weighted by Crippen LogP contribution is 2.20. The molecular formula is C27H26N2O4. The number of rotatable bonds is 9. The van der Waals surface area contributed by atoms with Crippen molar-refractivity contribution in [2.45, 2.75) is 19.7 Å². The van der Waals surface area contributed by atoms with Gasteiger partial charge in [0.05, 0.1) is 19.9 Å². The number of hydrogen-bond donors (Lipinski definition) is 1. The Morgan fingerprint density at radius 3 is 2.42 bits per heavy atom. The Bertz CT molecular complexity index is 1160. The second-order valence-electron chi connectivity index (χ2n) is 7.52. The molecule has 1 aromatic heterocycles. The summed E-state index contributed by atoms with van der Waals surface area (Å²) in [5.74, 6) is 2.13. The molecule has 6 nitrogen and oxygen atoms in total. The fraction of sp³-hybridized carbons (Fsp3) is 0.148. The van der Waals surface area contributed by atoms with E-state index in [1.807, 2.05) is 84.9 Å². The summed E-state index contributed by atoms with van der Waals surface area (Å²) < 4.78 is 16.7. The van der Waals surface area contributed by atoms with Gasteiger partial charge in [0.25, 0.3) is 0 Å². The second kappa shape index (κ2) is 10.9. The quantitative estimate of drug-likeness (QED) is 0.340. The maximum atomic E-state index is 13.1. The van der Waals surface area contributed by atoms with E-state index in [-0.39, 0.29) is 6.03 Å². The minimum atomic E-state index is -0.240. The number of nitrogens with zero attached hydrogens (tertiary/aromatic N) is 1. The first kappa shape index (κ1) is 22.0. The first-order valence-electron chi connectivity index (χ1n) is 10.7. The number of urea groups is 1. The third-order valence-corrected chi connectivity index (χ3v) is 5.06. The number of anilines is 1. The molecule has 0 saturated carbocycles. The second-order valence-corrected chi connectivity index (χ2v) is 7.52.